The predicted octanol–water partition coefficient (Wildman–Crippen LogP) is 2.91. The van der Waals surface area contributed by atoms with Crippen LogP contribution in [0, 0.1) is 0 Å². The first-order valence-corrected chi connectivity index (χ1v) is 6.21. The highest BCUT2D eigenvalue weighted by Gasteiger charge is 2.18. The standard InChI is InChI=1S/C13H13NO2S/c1-2-16-13-11(12(14)15)10(8-17-13)9-6-4-3-5-7-9/h3-8H,2H2,1H3,(H2,14,15). The van der Waals surface area contributed by atoms with Crippen LogP contribution < -0.4 is 10.5 Å². The number of hydrogen-bond donors (Lipinski definition) is 1. The minimum atomic E-state index is -0.450. The van der Waals surface area contributed by atoms with Gasteiger partial charge < -0.3 is 10.5 Å². The van der Waals surface area contributed by atoms with Gasteiger partial charge in [-0.1, -0.05) is 30.3 Å². The summed E-state index contributed by atoms with van der Waals surface area (Å²) < 4.78 is 5.42. The molecule has 0 saturated heterocycles. The lowest BCUT2D eigenvalue weighted by atomic mass is 10.0. The number of rotatable bonds is 4. The summed E-state index contributed by atoms with van der Waals surface area (Å²) in [5.41, 5.74) is 7.71. The molecule has 0 saturated carbocycles. The summed E-state index contributed by atoms with van der Waals surface area (Å²) in [7, 11) is 0. The lowest BCUT2D eigenvalue weighted by Gasteiger charge is -2.04. The fourth-order valence-electron chi connectivity index (χ4n) is 1.64. The molecule has 0 atom stereocenters. The van der Waals surface area contributed by atoms with Gasteiger partial charge in [0.25, 0.3) is 5.91 Å². The van der Waals surface area contributed by atoms with E-state index in [-0.39, 0.29) is 0 Å². The molecule has 0 bridgehead atoms. The van der Waals surface area contributed by atoms with E-state index in [1.165, 1.54) is 11.3 Å². The minimum absolute atomic E-state index is 0.450. The molecule has 17 heavy (non-hydrogen) atoms. The molecule has 0 aliphatic carbocycles. The van der Waals surface area contributed by atoms with Crippen LogP contribution in [0.2, 0.25) is 0 Å². The number of amides is 1. The van der Waals surface area contributed by atoms with Crippen molar-refractivity contribution < 1.29 is 9.53 Å². The lowest BCUT2D eigenvalue weighted by Crippen LogP contribution is -2.12. The first-order chi connectivity index (χ1) is 8.24. The number of thiophene rings is 1. The number of nitrogens with two attached hydrogens (primary N) is 1. The molecule has 2 aromatic rings. The fraction of sp³-hybridized carbons (Fsp3) is 0.154. The summed E-state index contributed by atoms with van der Waals surface area (Å²) >= 11 is 1.40. The Morgan fingerprint density at radius 1 is 1.35 bits per heavy atom. The Morgan fingerprint density at radius 3 is 2.65 bits per heavy atom. The van der Waals surface area contributed by atoms with Gasteiger partial charge in [-0.25, -0.2) is 0 Å². The van der Waals surface area contributed by atoms with Crippen LogP contribution in [0.15, 0.2) is 35.7 Å². The third-order valence-electron chi connectivity index (χ3n) is 2.36. The van der Waals surface area contributed by atoms with E-state index in [0.717, 1.165) is 11.1 Å². The van der Waals surface area contributed by atoms with Crippen molar-refractivity contribution in [3.05, 3.63) is 41.3 Å². The molecule has 4 heteroatoms. The zero-order valence-electron chi connectivity index (χ0n) is 9.47. The van der Waals surface area contributed by atoms with Crippen LogP contribution in [0.3, 0.4) is 0 Å². The second-order valence-corrected chi connectivity index (χ2v) is 4.32. The van der Waals surface area contributed by atoms with Gasteiger partial charge in [0.15, 0.2) is 5.06 Å². The second kappa shape index (κ2) is 5.01. The number of ether oxygens (including phenoxy) is 1. The summed E-state index contributed by atoms with van der Waals surface area (Å²) in [5.74, 6) is -0.450. The van der Waals surface area contributed by atoms with Crippen molar-refractivity contribution in [1.82, 2.24) is 0 Å². The van der Waals surface area contributed by atoms with Crippen molar-refractivity contribution in [3.63, 3.8) is 0 Å². The molecular weight excluding hydrogens is 234 g/mol. The maximum atomic E-state index is 11.5. The Kier molecular flexibility index (Phi) is 3.44. The van der Waals surface area contributed by atoms with Crippen LogP contribution in [0.25, 0.3) is 11.1 Å². The Morgan fingerprint density at radius 2 is 2.06 bits per heavy atom. The Bertz CT molecular complexity index is 519. The van der Waals surface area contributed by atoms with E-state index >= 15 is 0 Å². The van der Waals surface area contributed by atoms with Gasteiger partial charge in [-0.3, -0.25) is 4.79 Å². The summed E-state index contributed by atoms with van der Waals surface area (Å²) in [5, 5.41) is 2.50. The van der Waals surface area contributed by atoms with Gasteiger partial charge in [0, 0.05) is 10.9 Å². The van der Waals surface area contributed by atoms with Crippen LogP contribution in [-0.4, -0.2) is 12.5 Å². The van der Waals surface area contributed by atoms with Gasteiger partial charge in [-0.2, -0.15) is 0 Å². The number of benzene rings is 1. The number of carbonyl (C=O) groups is 1. The van der Waals surface area contributed by atoms with E-state index < -0.39 is 5.91 Å². The smallest absolute Gasteiger partial charge is 0.254 e. The zero-order valence-corrected chi connectivity index (χ0v) is 10.3. The van der Waals surface area contributed by atoms with Crippen molar-refractivity contribution in [2.45, 2.75) is 6.92 Å². The molecule has 1 aromatic carbocycles. The highest BCUT2D eigenvalue weighted by atomic mass is 32.1. The highest BCUT2D eigenvalue weighted by molar-refractivity contribution is 7.12. The Labute approximate surface area is 104 Å². The van der Waals surface area contributed by atoms with Crippen molar-refractivity contribution in [2.75, 3.05) is 6.61 Å². The molecule has 0 spiro atoms. The van der Waals surface area contributed by atoms with Crippen LogP contribution in [0.5, 0.6) is 5.06 Å². The number of hydrogen-bond acceptors (Lipinski definition) is 3. The van der Waals surface area contributed by atoms with Gasteiger partial charge >= 0.3 is 0 Å². The van der Waals surface area contributed by atoms with Gasteiger partial charge in [-0.05, 0) is 12.5 Å². The average Bonchev–Trinajstić information content (AvgIpc) is 2.74. The van der Waals surface area contributed by atoms with E-state index in [2.05, 4.69) is 0 Å². The molecule has 3 nitrogen and oxygen atoms in total. The first-order valence-electron chi connectivity index (χ1n) is 5.33. The largest absolute Gasteiger partial charge is 0.484 e. The van der Waals surface area contributed by atoms with Crippen molar-refractivity contribution >= 4 is 17.2 Å². The zero-order chi connectivity index (χ0) is 12.3. The van der Waals surface area contributed by atoms with Gasteiger partial charge in [0.2, 0.25) is 0 Å². The Hall–Kier alpha value is -1.81. The highest BCUT2D eigenvalue weighted by Crippen LogP contribution is 2.36. The lowest BCUT2D eigenvalue weighted by molar-refractivity contribution is 0.0998. The minimum Gasteiger partial charge on any atom is -0.484 e. The predicted molar refractivity (Wildman–Crippen MR) is 69.4 cm³/mol. The number of carbonyl (C=O) groups excluding carboxylic acids is 1. The van der Waals surface area contributed by atoms with E-state index in [9.17, 15) is 4.79 Å². The second-order valence-electron chi connectivity index (χ2n) is 3.48. The molecule has 0 unspecified atom stereocenters. The maximum Gasteiger partial charge on any atom is 0.254 e. The Balaban J connectivity index is 2.52. The topological polar surface area (TPSA) is 52.3 Å². The molecule has 1 heterocycles. The normalized spacial score (nSPS) is 10.2. The van der Waals surface area contributed by atoms with E-state index in [4.69, 9.17) is 10.5 Å². The molecule has 2 N–H and O–H groups in total. The fourth-order valence-corrected chi connectivity index (χ4v) is 2.63. The summed E-state index contributed by atoms with van der Waals surface area (Å²) in [6.07, 6.45) is 0. The van der Waals surface area contributed by atoms with Gasteiger partial charge in [-0.15, -0.1) is 11.3 Å². The van der Waals surface area contributed by atoms with Gasteiger partial charge in [0.1, 0.15) is 5.56 Å². The summed E-state index contributed by atoms with van der Waals surface area (Å²) in [6, 6.07) is 9.69. The van der Waals surface area contributed by atoms with E-state index in [0.29, 0.717) is 17.2 Å². The van der Waals surface area contributed by atoms with Crippen molar-refractivity contribution in [3.8, 4) is 16.2 Å². The van der Waals surface area contributed by atoms with E-state index in [1.807, 2.05) is 42.6 Å². The van der Waals surface area contributed by atoms with Crippen LogP contribution in [0.4, 0.5) is 0 Å². The molecule has 0 radical (unpaired) electrons. The molecule has 1 amide bonds. The molecule has 2 rings (SSSR count). The molecule has 0 aliphatic heterocycles. The molecule has 1 aromatic heterocycles. The maximum absolute atomic E-state index is 11.5. The number of primary amides is 1. The molecule has 0 aliphatic rings. The quantitative estimate of drug-likeness (QED) is 0.903. The van der Waals surface area contributed by atoms with Crippen molar-refractivity contribution in [2.24, 2.45) is 5.73 Å². The first kappa shape index (κ1) is 11.7. The third-order valence-corrected chi connectivity index (χ3v) is 3.25. The SMILES string of the molecule is CCOc1scc(-c2ccccc2)c1C(N)=O. The molecule has 0 fully saturated rings. The molecule has 88 valence electrons. The van der Waals surface area contributed by atoms with E-state index in [1.54, 1.807) is 0 Å². The monoisotopic (exact) mass is 247 g/mol. The molecular formula is C13H13NO2S. The van der Waals surface area contributed by atoms with Crippen LogP contribution >= 0.6 is 11.3 Å². The van der Waals surface area contributed by atoms with Crippen molar-refractivity contribution in [1.29, 1.82) is 0 Å². The third kappa shape index (κ3) is 2.31. The summed E-state index contributed by atoms with van der Waals surface area (Å²) in [6.45, 7) is 2.40. The van der Waals surface area contributed by atoms with Crippen LogP contribution in [0.1, 0.15) is 17.3 Å². The van der Waals surface area contributed by atoms with Gasteiger partial charge in [0.05, 0.1) is 6.61 Å². The van der Waals surface area contributed by atoms with Crippen LogP contribution in [-0.2, 0) is 0 Å². The summed E-state index contributed by atoms with van der Waals surface area (Å²) in [4.78, 5) is 11.5. The average molecular weight is 247 g/mol.